The molecular formula is C14H25NO3. The Balaban J connectivity index is 1.91. The Bertz CT molecular complexity index is 274. The first-order valence-corrected chi connectivity index (χ1v) is 7.21. The Hall–Kier alpha value is -0.610. The van der Waals surface area contributed by atoms with Crippen LogP contribution in [-0.4, -0.2) is 42.9 Å². The molecule has 0 spiro atoms. The number of piperidine rings is 1. The van der Waals surface area contributed by atoms with Crippen LogP contribution in [0.2, 0.25) is 0 Å². The van der Waals surface area contributed by atoms with Crippen molar-refractivity contribution in [1.29, 1.82) is 0 Å². The maximum absolute atomic E-state index is 12.3. The number of ether oxygens (including phenoxy) is 2. The number of nitrogens with zero attached hydrogens (tertiary/aromatic N) is 1. The molecule has 4 heteroatoms. The predicted molar refractivity (Wildman–Crippen MR) is 69.1 cm³/mol. The predicted octanol–water partition coefficient (Wildman–Crippen LogP) is 2.18. The normalized spacial score (nSPS) is 25.9. The molecule has 1 unspecified atom stereocenters. The van der Waals surface area contributed by atoms with Crippen LogP contribution in [0.1, 0.15) is 46.0 Å². The zero-order valence-electron chi connectivity index (χ0n) is 11.6. The molecule has 1 amide bonds. The van der Waals surface area contributed by atoms with Gasteiger partial charge in [-0.3, -0.25) is 4.79 Å². The summed E-state index contributed by atoms with van der Waals surface area (Å²) in [5.74, 6) is 0.851. The summed E-state index contributed by atoms with van der Waals surface area (Å²) >= 11 is 0. The third-order valence-electron chi connectivity index (χ3n) is 3.77. The van der Waals surface area contributed by atoms with Crippen LogP contribution < -0.4 is 0 Å². The van der Waals surface area contributed by atoms with E-state index in [0.29, 0.717) is 25.6 Å². The van der Waals surface area contributed by atoms with Crippen molar-refractivity contribution in [1.82, 2.24) is 4.90 Å². The van der Waals surface area contributed by atoms with Gasteiger partial charge in [-0.15, -0.1) is 0 Å². The number of rotatable bonds is 4. The minimum Gasteiger partial charge on any atom is -0.348 e. The zero-order valence-corrected chi connectivity index (χ0v) is 11.6. The molecule has 1 atom stereocenters. The lowest BCUT2D eigenvalue weighted by Crippen LogP contribution is -2.50. The van der Waals surface area contributed by atoms with E-state index in [2.05, 4.69) is 13.8 Å². The second-order valence-corrected chi connectivity index (χ2v) is 5.69. The summed E-state index contributed by atoms with van der Waals surface area (Å²) in [6.45, 7) is 6.50. The van der Waals surface area contributed by atoms with Crippen molar-refractivity contribution >= 4 is 5.91 Å². The number of hydrogen-bond acceptors (Lipinski definition) is 3. The Kier molecular flexibility index (Phi) is 5.01. The summed E-state index contributed by atoms with van der Waals surface area (Å²) in [6, 6.07) is 0.140. The second kappa shape index (κ2) is 6.53. The highest BCUT2D eigenvalue weighted by atomic mass is 16.7. The molecule has 2 rings (SSSR count). The third kappa shape index (κ3) is 3.45. The molecule has 0 bridgehead atoms. The van der Waals surface area contributed by atoms with Gasteiger partial charge in [0.05, 0.1) is 19.3 Å². The van der Waals surface area contributed by atoms with E-state index in [1.807, 2.05) is 4.90 Å². The van der Waals surface area contributed by atoms with E-state index in [1.165, 1.54) is 6.42 Å². The first kappa shape index (κ1) is 13.8. The topological polar surface area (TPSA) is 38.8 Å². The lowest BCUT2D eigenvalue weighted by molar-refractivity contribution is -0.150. The number of carbonyl (C=O) groups is 1. The van der Waals surface area contributed by atoms with Gasteiger partial charge in [-0.1, -0.05) is 13.8 Å². The van der Waals surface area contributed by atoms with Crippen LogP contribution in [0, 0.1) is 5.92 Å². The fourth-order valence-corrected chi connectivity index (χ4v) is 2.70. The average Bonchev–Trinajstić information content (AvgIpc) is 2.89. The van der Waals surface area contributed by atoms with Crippen LogP contribution >= 0.6 is 0 Å². The van der Waals surface area contributed by atoms with Gasteiger partial charge < -0.3 is 14.4 Å². The largest absolute Gasteiger partial charge is 0.348 e. The molecule has 104 valence electrons. The van der Waals surface area contributed by atoms with Gasteiger partial charge in [0.1, 0.15) is 0 Å². The van der Waals surface area contributed by atoms with E-state index in [4.69, 9.17) is 9.47 Å². The van der Waals surface area contributed by atoms with Gasteiger partial charge in [-0.2, -0.15) is 0 Å². The highest BCUT2D eigenvalue weighted by Crippen LogP contribution is 2.25. The van der Waals surface area contributed by atoms with Gasteiger partial charge in [0, 0.05) is 13.0 Å². The van der Waals surface area contributed by atoms with Gasteiger partial charge in [-0.25, -0.2) is 0 Å². The van der Waals surface area contributed by atoms with Crippen molar-refractivity contribution in [2.75, 3.05) is 19.8 Å². The quantitative estimate of drug-likeness (QED) is 0.773. The van der Waals surface area contributed by atoms with E-state index in [-0.39, 0.29) is 18.2 Å². The van der Waals surface area contributed by atoms with Crippen molar-refractivity contribution in [3.05, 3.63) is 0 Å². The first-order chi connectivity index (χ1) is 8.68. The smallest absolute Gasteiger partial charge is 0.223 e. The summed E-state index contributed by atoms with van der Waals surface area (Å²) in [6.07, 6.45) is 4.72. The van der Waals surface area contributed by atoms with E-state index in [9.17, 15) is 4.79 Å². The first-order valence-electron chi connectivity index (χ1n) is 7.21. The van der Waals surface area contributed by atoms with Gasteiger partial charge in [0.2, 0.25) is 5.91 Å². The summed E-state index contributed by atoms with van der Waals surface area (Å²) in [7, 11) is 0. The Morgan fingerprint density at radius 1 is 1.28 bits per heavy atom. The highest BCUT2D eigenvalue weighted by Gasteiger charge is 2.35. The maximum atomic E-state index is 12.3. The van der Waals surface area contributed by atoms with Crippen molar-refractivity contribution in [2.24, 2.45) is 5.92 Å². The molecule has 2 saturated heterocycles. The fraction of sp³-hybridized carbons (Fsp3) is 0.929. The van der Waals surface area contributed by atoms with E-state index in [1.54, 1.807) is 0 Å². The number of likely N-dealkylation sites (tertiary alicyclic amines) is 1. The molecule has 0 aliphatic carbocycles. The molecule has 0 aromatic carbocycles. The van der Waals surface area contributed by atoms with Gasteiger partial charge >= 0.3 is 0 Å². The monoisotopic (exact) mass is 255 g/mol. The fourth-order valence-electron chi connectivity index (χ4n) is 2.70. The molecule has 0 saturated carbocycles. The molecule has 0 radical (unpaired) electrons. The molecule has 18 heavy (non-hydrogen) atoms. The Labute approximate surface area is 110 Å². The van der Waals surface area contributed by atoms with Gasteiger partial charge in [-0.05, 0) is 31.6 Å². The summed E-state index contributed by atoms with van der Waals surface area (Å²) < 4.78 is 11.2. The highest BCUT2D eigenvalue weighted by molar-refractivity contribution is 5.76. The molecular weight excluding hydrogens is 230 g/mol. The molecule has 2 heterocycles. The summed E-state index contributed by atoms with van der Waals surface area (Å²) in [5, 5.41) is 0. The van der Waals surface area contributed by atoms with Crippen LogP contribution in [-0.2, 0) is 14.3 Å². The number of amides is 1. The Morgan fingerprint density at radius 3 is 2.67 bits per heavy atom. The minimum absolute atomic E-state index is 0.140. The van der Waals surface area contributed by atoms with Crippen LogP contribution in [0.25, 0.3) is 0 Å². The number of hydrogen-bond donors (Lipinski definition) is 0. The lowest BCUT2D eigenvalue weighted by atomic mass is 10.00. The van der Waals surface area contributed by atoms with Crippen molar-refractivity contribution in [2.45, 2.75) is 58.3 Å². The average molecular weight is 255 g/mol. The Morgan fingerprint density at radius 2 is 2.00 bits per heavy atom. The molecule has 2 aliphatic rings. The third-order valence-corrected chi connectivity index (χ3v) is 3.77. The van der Waals surface area contributed by atoms with Crippen LogP contribution in [0.5, 0.6) is 0 Å². The summed E-state index contributed by atoms with van der Waals surface area (Å²) in [4.78, 5) is 14.3. The molecule has 0 aromatic rings. The van der Waals surface area contributed by atoms with Crippen LogP contribution in [0.15, 0.2) is 0 Å². The molecule has 4 nitrogen and oxygen atoms in total. The van der Waals surface area contributed by atoms with Gasteiger partial charge in [0.25, 0.3) is 0 Å². The van der Waals surface area contributed by atoms with Crippen LogP contribution in [0.4, 0.5) is 0 Å². The minimum atomic E-state index is -0.187. The van der Waals surface area contributed by atoms with Crippen LogP contribution in [0.3, 0.4) is 0 Å². The van der Waals surface area contributed by atoms with E-state index < -0.39 is 0 Å². The van der Waals surface area contributed by atoms with Gasteiger partial charge in [0.15, 0.2) is 6.29 Å². The van der Waals surface area contributed by atoms with E-state index >= 15 is 0 Å². The maximum Gasteiger partial charge on any atom is 0.223 e. The summed E-state index contributed by atoms with van der Waals surface area (Å²) in [5.41, 5.74) is 0. The zero-order chi connectivity index (χ0) is 13.0. The molecule has 0 aromatic heterocycles. The van der Waals surface area contributed by atoms with E-state index in [0.717, 1.165) is 25.8 Å². The molecule has 2 aliphatic heterocycles. The SMILES string of the molecule is CC(C)CCC(=O)N1CCCCC1C1OCCO1. The molecule has 2 fully saturated rings. The van der Waals surface area contributed by atoms with Crippen molar-refractivity contribution in [3.8, 4) is 0 Å². The lowest BCUT2D eigenvalue weighted by Gasteiger charge is -2.38. The standard InChI is InChI=1S/C14H25NO3/c1-11(2)6-7-13(16)15-8-4-3-5-12(15)14-17-9-10-18-14/h11-12,14H,3-10H2,1-2H3. The van der Waals surface area contributed by atoms with Crippen molar-refractivity contribution < 1.29 is 14.3 Å². The molecule has 0 N–H and O–H groups in total. The van der Waals surface area contributed by atoms with Crippen molar-refractivity contribution in [3.63, 3.8) is 0 Å². The second-order valence-electron chi connectivity index (χ2n) is 5.69. The number of carbonyl (C=O) groups excluding carboxylic acids is 1.